The number of alkyl halides is 1. The van der Waals surface area contributed by atoms with Gasteiger partial charge >= 0.3 is 0 Å². The molecule has 1 rings (SSSR count). The first-order valence-corrected chi connectivity index (χ1v) is 7.06. The lowest BCUT2D eigenvalue weighted by atomic mass is 10.2. The minimum absolute atomic E-state index is 0.562. The summed E-state index contributed by atoms with van der Waals surface area (Å²) >= 11 is 5.62. The highest BCUT2D eigenvalue weighted by molar-refractivity contribution is 6.17. The summed E-state index contributed by atoms with van der Waals surface area (Å²) in [5, 5.41) is 3.31. The molecule has 0 aliphatic carbocycles. The van der Waals surface area contributed by atoms with Crippen molar-refractivity contribution >= 4 is 11.6 Å². The largest absolute Gasteiger partial charge is 0.494 e. The van der Waals surface area contributed by atoms with E-state index in [1.54, 1.807) is 0 Å². The normalized spacial score (nSPS) is 10.2. The number of hydrogen-bond donors (Lipinski definition) is 1. The summed E-state index contributed by atoms with van der Waals surface area (Å²) in [4.78, 5) is 0. The Morgan fingerprint density at radius 3 is 1.83 bits per heavy atom. The summed E-state index contributed by atoms with van der Waals surface area (Å²) in [6, 6.07) is 9.05. The van der Waals surface area contributed by atoms with Gasteiger partial charge in [0.25, 0.3) is 0 Å². The number of ether oxygens (including phenoxy) is 1. The molecule has 0 atom stereocenters. The highest BCUT2D eigenvalue weighted by Gasteiger charge is 1.92. The Balaban J connectivity index is 0.000000360. The molecule has 0 spiro atoms. The van der Waals surface area contributed by atoms with Crippen molar-refractivity contribution in [2.75, 3.05) is 6.61 Å². The summed E-state index contributed by atoms with van der Waals surface area (Å²) in [5.41, 5.74) is 1.12. The van der Waals surface area contributed by atoms with E-state index in [-0.39, 0.29) is 0 Å². The molecule has 0 aliphatic rings. The smallest absolute Gasteiger partial charge is 0.119 e. The Kier molecular flexibility index (Phi) is 9.80. The molecule has 1 aromatic carbocycles. The molecule has 1 aromatic rings. The highest BCUT2D eigenvalue weighted by Crippen LogP contribution is 2.12. The number of hydrogen-bond acceptors (Lipinski definition) is 2. The van der Waals surface area contributed by atoms with Crippen molar-refractivity contribution in [3.05, 3.63) is 29.8 Å². The quantitative estimate of drug-likeness (QED) is 0.810. The van der Waals surface area contributed by atoms with Gasteiger partial charge in [0.15, 0.2) is 0 Å². The van der Waals surface area contributed by atoms with E-state index in [1.165, 1.54) is 0 Å². The average molecular weight is 272 g/mol. The van der Waals surface area contributed by atoms with Crippen LogP contribution >= 0.6 is 11.6 Å². The van der Waals surface area contributed by atoms with Crippen molar-refractivity contribution in [2.45, 2.75) is 52.6 Å². The summed E-state index contributed by atoms with van der Waals surface area (Å²) in [7, 11) is 0. The second-order valence-corrected chi connectivity index (χ2v) is 4.95. The topological polar surface area (TPSA) is 21.3 Å². The van der Waals surface area contributed by atoms with Crippen LogP contribution in [0.25, 0.3) is 0 Å². The zero-order valence-electron chi connectivity index (χ0n) is 12.2. The summed E-state index contributed by atoms with van der Waals surface area (Å²) in [6.45, 7) is 11.3. The second-order valence-electron chi connectivity index (χ2n) is 4.69. The molecular weight excluding hydrogens is 246 g/mol. The van der Waals surface area contributed by atoms with E-state index in [9.17, 15) is 0 Å². The van der Waals surface area contributed by atoms with Crippen molar-refractivity contribution < 1.29 is 4.74 Å². The summed E-state index contributed by atoms with van der Waals surface area (Å²) < 4.78 is 5.26. The molecule has 0 fully saturated rings. The number of nitrogens with one attached hydrogen (secondary N) is 1. The van der Waals surface area contributed by atoms with Crippen LogP contribution in [0.1, 0.15) is 40.2 Å². The van der Waals surface area contributed by atoms with Crippen LogP contribution in [-0.2, 0) is 5.88 Å². The van der Waals surface area contributed by atoms with Crippen LogP contribution < -0.4 is 10.1 Å². The van der Waals surface area contributed by atoms with Crippen LogP contribution in [0.3, 0.4) is 0 Å². The highest BCUT2D eigenvalue weighted by atomic mass is 35.5. The van der Waals surface area contributed by atoms with Gasteiger partial charge in [0, 0.05) is 18.0 Å². The van der Waals surface area contributed by atoms with Crippen molar-refractivity contribution in [3.63, 3.8) is 0 Å². The third-order valence-corrected chi connectivity index (χ3v) is 2.36. The number of halogens is 1. The maximum absolute atomic E-state index is 5.62. The third-order valence-electron chi connectivity index (χ3n) is 2.06. The molecule has 0 saturated carbocycles. The van der Waals surface area contributed by atoms with Gasteiger partial charge in [0.2, 0.25) is 0 Å². The number of rotatable bonds is 5. The van der Waals surface area contributed by atoms with Crippen molar-refractivity contribution in [1.29, 1.82) is 0 Å². The lowest BCUT2D eigenvalue weighted by molar-refractivity contribution is 0.340. The van der Waals surface area contributed by atoms with E-state index in [0.717, 1.165) is 11.3 Å². The van der Waals surface area contributed by atoms with E-state index in [1.807, 2.05) is 31.2 Å². The first-order valence-electron chi connectivity index (χ1n) is 6.53. The van der Waals surface area contributed by atoms with Crippen LogP contribution in [0, 0.1) is 0 Å². The molecule has 0 radical (unpaired) electrons. The molecule has 0 bridgehead atoms. The van der Waals surface area contributed by atoms with Gasteiger partial charge in [-0.05, 0) is 24.6 Å². The van der Waals surface area contributed by atoms with Gasteiger partial charge in [-0.3, -0.25) is 0 Å². The zero-order chi connectivity index (χ0) is 14.0. The molecule has 0 amide bonds. The first kappa shape index (κ1) is 17.3. The minimum Gasteiger partial charge on any atom is -0.494 e. The molecule has 104 valence electrons. The van der Waals surface area contributed by atoms with E-state index in [4.69, 9.17) is 16.3 Å². The molecule has 18 heavy (non-hydrogen) atoms. The maximum atomic E-state index is 5.62. The molecule has 0 aliphatic heterocycles. The zero-order valence-corrected chi connectivity index (χ0v) is 12.9. The van der Waals surface area contributed by atoms with Gasteiger partial charge in [0.05, 0.1) is 6.61 Å². The first-order chi connectivity index (χ1) is 8.49. The van der Waals surface area contributed by atoms with Crippen LogP contribution in [0.2, 0.25) is 0 Å². The Morgan fingerprint density at radius 1 is 1.06 bits per heavy atom. The Morgan fingerprint density at radius 2 is 1.56 bits per heavy atom. The molecule has 0 saturated heterocycles. The van der Waals surface area contributed by atoms with E-state index in [0.29, 0.717) is 24.6 Å². The van der Waals surface area contributed by atoms with Gasteiger partial charge in [-0.25, -0.2) is 0 Å². The standard InChI is InChI=1S/C9H11ClO.C6H15N/c1-2-11-9-5-3-8(7-10)4-6-9;1-5(2)7-6(3)4/h3-6H,2,7H2,1H3;5-7H,1-4H3. The van der Waals surface area contributed by atoms with Gasteiger partial charge < -0.3 is 10.1 Å². The van der Waals surface area contributed by atoms with Gasteiger partial charge in [-0.1, -0.05) is 39.8 Å². The third kappa shape index (κ3) is 9.32. The van der Waals surface area contributed by atoms with Crippen molar-refractivity contribution in [1.82, 2.24) is 5.32 Å². The van der Waals surface area contributed by atoms with E-state index < -0.39 is 0 Å². The van der Waals surface area contributed by atoms with Crippen molar-refractivity contribution in [2.24, 2.45) is 0 Å². The van der Waals surface area contributed by atoms with Gasteiger partial charge in [0.1, 0.15) is 5.75 Å². The van der Waals surface area contributed by atoms with Crippen molar-refractivity contribution in [3.8, 4) is 5.75 Å². The number of benzene rings is 1. The van der Waals surface area contributed by atoms with Gasteiger partial charge in [-0.2, -0.15) is 0 Å². The summed E-state index contributed by atoms with van der Waals surface area (Å²) in [5.74, 6) is 1.47. The summed E-state index contributed by atoms with van der Waals surface area (Å²) in [6.07, 6.45) is 0. The van der Waals surface area contributed by atoms with Crippen LogP contribution in [-0.4, -0.2) is 18.7 Å². The predicted octanol–water partition coefficient (Wildman–Crippen LogP) is 4.22. The van der Waals surface area contributed by atoms with E-state index >= 15 is 0 Å². The fourth-order valence-corrected chi connectivity index (χ4v) is 1.69. The Hall–Kier alpha value is -0.730. The molecule has 0 aromatic heterocycles. The van der Waals surface area contributed by atoms with Gasteiger partial charge in [-0.15, -0.1) is 11.6 Å². The molecule has 0 unspecified atom stereocenters. The Bertz CT molecular complexity index is 290. The van der Waals surface area contributed by atoms with Crippen LogP contribution in [0.5, 0.6) is 5.75 Å². The fourth-order valence-electron chi connectivity index (χ4n) is 1.51. The lowest BCUT2D eigenvalue weighted by Gasteiger charge is -2.10. The average Bonchev–Trinajstić information content (AvgIpc) is 2.29. The molecule has 2 nitrogen and oxygen atoms in total. The Labute approximate surface area is 117 Å². The van der Waals surface area contributed by atoms with E-state index in [2.05, 4.69) is 33.0 Å². The maximum Gasteiger partial charge on any atom is 0.119 e. The minimum atomic E-state index is 0.562. The predicted molar refractivity (Wildman–Crippen MR) is 80.6 cm³/mol. The SMILES string of the molecule is CC(C)NC(C)C.CCOc1ccc(CCl)cc1. The molecular formula is C15H26ClNO. The second kappa shape index (κ2) is 10.2. The fraction of sp³-hybridized carbons (Fsp3) is 0.600. The molecule has 1 N–H and O–H groups in total. The lowest BCUT2D eigenvalue weighted by Crippen LogP contribution is -2.29. The molecule has 0 heterocycles. The molecule has 3 heteroatoms. The van der Waals surface area contributed by atoms with Crippen LogP contribution in [0.4, 0.5) is 0 Å². The van der Waals surface area contributed by atoms with Crippen LogP contribution in [0.15, 0.2) is 24.3 Å². The monoisotopic (exact) mass is 271 g/mol.